The Morgan fingerprint density at radius 2 is 1.55 bits per heavy atom. The maximum atomic E-state index is 6.57. The van der Waals surface area contributed by atoms with Crippen LogP contribution in [0.5, 0.6) is 0 Å². The molecule has 0 aliphatic carbocycles. The van der Waals surface area contributed by atoms with Crippen LogP contribution < -0.4 is 5.32 Å². The average Bonchev–Trinajstić information content (AvgIpc) is 2.63. The summed E-state index contributed by atoms with van der Waals surface area (Å²) in [5.74, 6) is -0.789. The predicted molar refractivity (Wildman–Crippen MR) is 85.5 cm³/mol. The van der Waals surface area contributed by atoms with E-state index in [2.05, 4.69) is 29.6 Å². The van der Waals surface area contributed by atoms with Crippen LogP contribution in [0.2, 0.25) is 0 Å². The molecular weight excluding hydrogens is 274 g/mol. The van der Waals surface area contributed by atoms with Crippen molar-refractivity contribution in [3.63, 3.8) is 0 Å². The van der Waals surface area contributed by atoms with E-state index in [-0.39, 0.29) is 6.10 Å². The number of hydrogen-bond donors (Lipinski definition) is 1. The molecule has 2 aromatic rings. The van der Waals surface area contributed by atoms with Crippen LogP contribution in [0, 0.1) is 0 Å². The van der Waals surface area contributed by atoms with Gasteiger partial charge < -0.3 is 14.8 Å². The molecule has 3 nitrogen and oxygen atoms in total. The van der Waals surface area contributed by atoms with Crippen molar-refractivity contribution < 1.29 is 9.47 Å². The average molecular weight is 295 g/mol. The van der Waals surface area contributed by atoms with E-state index in [0.717, 1.165) is 30.5 Å². The molecule has 0 bridgehead atoms. The fraction of sp³-hybridized carbons (Fsp3) is 0.368. The molecule has 0 saturated carbocycles. The van der Waals surface area contributed by atoms with E-state index in [1.165, 1.54) is 0 Å². The summed E-state index contributed by atoms with van der Waals surface area (Å²) >= 11 is 0. The monoisotopic (exact) mass is 295 g/mol. The van der Waals surface area contributed by atoms with Crippen molar-refractivity contribution in [1.29, 1.82) is 0 Å². The van der Waals surface area contributed by atoms with Crippen LogP contribution in [0.15, 0.2) is 60.7 Å². The zero-order valence-corrected chi connectivity index (χ0v) is 12.6. The molecule has 22 heavy (non-hydrogen) atoms. The van der Waals surface area contributed by atoms with E-state index < -0.39 is 5.79 Å². The number of ether oxygens (including phenoxy) is 2. The van der Waals surface area contributed by atoms with E-state index in [1.54, 1.807) is 0 Å². The quantitative estimate of drug-likeness (QED) is 0.923. The highest BCUT2D eigenvalue weighted by atomic mass is 16.7. The topological polar surface area (TPSA) is 30.5 Å². The van der Waals surface area contributed by atoms with Crippen molar-refractivity contribution in [1.82, 2.24) is 5.32 Å². The third-order valence-corrected chi connectivity index (χ3v) is 4.61. The number of rotatable bonds is 2. The number of fused-ring (bicyclic) bond motifs is 1. The molecule has 4 rings (SSSR count). The van der Waals surface area contributed by atoms with Gasteiger partial charge in [-0.15, -0.1) is 0 Å². The smallest absolute Gasteiger partial charge is 0.222 e. The van der Waals surface area contributed by atoms with E-state index in [1.807, 2.05) is 36.4 Å². The first-order valence-electron chi connectivity index (χ1n) is 8.05. The number of nitrogens with one attached hydrogen (secondary N) is 1. The zero-order chi connectivity index (χ0) is 14.8. The van der Waals surface area contributed by atoms with Crippen LogP contribution in [0.1, 0.15) is 24.0 Å². The van der Waals surface area contributed by atoms with Gasteiger partial charge in [-0.25, -0.2) is 0 Å². The van der Waals surface area contributed by atoms with E-state index >= 15 is 0 Å². The van der Waals surface area contributed by atoms with Gasteiger partial charge in [-0.05, 0) is 19.4 Å². The standard InChI is InChI=1S/C19H21NO2/c1-3-8-15(9-4-1)19(16-10-5-2-6-11-16)21-14-17-18(22-19)12-7-13-20-17/h1-6,8-11,17-18,20H,7,12-14H2. The fourth-order valence-electron chi connectivity index (χ4n) is 3.47. The minimum absolute atomic E-state index is 0.197. The van der Waals surface area contributed by atoms with Gasteiger partial charge in [0.25, 0.3) is 0 Å². The molecule has 3 heteroatoms. The molecule has 2 aliphatic heterocycles. The molecule has 1 N–H and O–H groups in total. The lowest BCUT2D eigenvalue weighted by atomic mass is 9.93. The van der Waals surface area contributed by atoms with Gasteiger partial charge in [0.15, 0.2) is 0 Å². The van der Waals surface area contributed by atoms with E-state index in [0.29, 0.717) is 12.6 Å². The molecule has 2 saturated heterocycles. The highest BCUT2D eigenvalue weighted by molar-refractivity contribution is 5.34. The molecule has 2 unspecified atom stereocenters. The van der Waals surface area contributed by atoms with Crippen LogP contribution in [0.4, 0.5) is 0 Å². The first-order chi connectivity index (χ1) is 10.9. The lowest BCUT2D eigenvalue weighted by Crippen LogP contribution is -2.58. The number of benzene rings is 2. The largest absolute Gasteiger partial charge is 0.340 e. The molecule has 2 atom stereocenters. The third kappa shape index (κ3) is 2.35. The van der Waals surface area contributed by atoms with Gasteiger partial charge in [-0.1, -0.05) is 60.7 Å². The second kappa shape index (κ2) is 5.84. The van der Waals surface area contributed by atoms with Crippen molar-refractivity contribution in [3.05, 3.63) is 71.8 Å². The molecular formula is C19H21NO2. The summed E-state index contributed by atoms with van der Waals surface area (Å²) < 4.78 is 12.9. The lowest BCUT2D eigenvalue weighted by molar-refractivity contribution is -0.292. The van der Waals surface area contributed by atoms with Crippen LogP contribution in [0.25, 0.3) is 0 Å². The van der Waals surface area contributed by atoms with Gasteiger partial charge in [-0.3, -0.25) is 0 Å². The second-order valence-electron chi connectivity index (χ2n) is 6.02. The number of hydrogen-bond acceptors (Lipinski definition) is 3. The van der Waals surface area contributed by atoms with Crippen molar-refractivity contribution >= 4 is 0 Å². The maximum absolute atomic E-state index is 6.57. The van der Waals surface area contributed by atoms with E-state index in [9.17, 15) is 0 Å². The fourth-order valence-corrected chi connectivity index (χ4v) is 3.47. The van der Waals surface area contributed by atoms with Gasteiger partial charge in [0.05, 0.1) is 18.8 Å². The second-order valence-corrected chi connectivity index (χ2v) is 6.02. The molecule has 0 aromatic heterocycles. The molecule has 2 heterocycles. The maximum Gasteiger partial charge on any atom is 0.222 e. The van der Waals surface area contributed by atoms with Crippen LogP contribution >= 0.6 is 0 Å². The summed E-state index contributed by atoms with van der Waals surface area (Å²) in [6.07, 6.45) is 2.44. The van der Waals surface area contributed by atoms with Crippen LogP contribution in [0.3, 0.4) is 0 Å². The van der Waals surface area contributed by atoms with Crippen molar-refractivity contribution in [2.75, 3.05) is 13.2 Å². The Bertz CT molecular complexity index is 574. The van der Waals surface area contributed by atoms with Crippen molar-refractivity contribution in [3.8, 4) is 0 Å². The molecule has 114 valence electrons. The summed E-state index contributed by atoms with van der Waals surface area (Å²) in [5.41, 5.74) is 2.12. The first-order valence-corrected chi connectivity index (χ1v) is 8.05. The van der Waals surface area contributed by atoms with Crippen molar-refractivity contribution in [2.45, 2.75) is 30.8 Å². The molecule has 0 spiro atoms. The molecule has 0 amide bonds. The van der Waals surface area contributed by atoms with Gasteiger partial charge in [0.1, 0.15) is 0 Å². The minimum Gasteiger partial charge on any atom is -0.340 e. The van der Waals surface area contributed by atoms with Gasteiger partial charge in [0, 0.05) is 11.1 Å². The highest BCUT2D eigenvalue weighted by Crippen LogP contribution is 2.40. The van der Waals surface area contributed by atoms with Gasteiger partial charge in [0.2, 0.25) is 5.79 Å². The molecule has 2 aromatic carbocycles. The van der Waals surface area contributed by atoms with Gasteiger partial charge >= 0.3 is 0 Å². The lowest BCUT2D eigenvalue weighted by Gasteiger charge is -2.47. The molecule has 2 fully saturated rings. The Kier molecular flexibility index (Phi) is 3.70. The Morgan fingerprint density at radius 1 is 0.909 bits per heavy atom. The Labute approximate surface area is 131 Å². The van der Waals surface area contributed by atoms with E-state index in [4.69, 9.17) is 9.47 Å². The SMILES string of the molecule is c1ccc(C2(c3ccccc3)OCC3NCCCC3O2)cc1. The molecule has 0 radical (unpaired) electrons. The summed E-state index contributed by atoms with van der Waals surface area (Å²) in [4.78, 5) is 0. The zero-order valence-electron chi connectivity index (χ0n) is 12.6. The molecule has 2 aliphatic rings. The summed E-state index contributed by atoms with van der Waals surface area (Å²) in [6.45, 7) is 1.73. The summed E-state index contributed by atoms with van der Waals surface area (Å²) in [6, 6.07) is 20.9. The number of piperidine rings is 1. The predicted octanol–water partition coefficient (Wildman–Crippen LogP) is 3.06. The van der Waals surface area contributed by atoms with Gasteiger partial charge in [-0.2, -0.15) is 0 Å². The summed E-state index contributed by atoms with van der Waals surface area (Å²) in [7, 11) is 0. The third-order valence-electron chi connectivity index (χ3n) is 4.61. The highest BCUT2D eigenvalue weighted by Gasteiger charge is 2.46. The summed E-state index contributed by atoms with van der Waals surface area (Å²) in [5, 5.41) is 3.51. The Hall–Kier alpha value is -1.68. The Balaban J connectivity index is 1.77. The first kappa shape index (κ1) is 13.9. The normalized spacial score (nSPS) is 27.1. The van der Waals surface area contributed by atoms with Crippen LogP contribution in [-0.4, -0.2) is 25.3 Å². The van der Waals surface area contributed by atoms with Crippen LogP contribution in [-0.2, 0) is 15.3 Å². The van der Waals surface area contributed by atoms with Crippen molar-refractivity contribution in [2.24, 2.45) is 0 Å². The Morgan fingerprint density at radius 3 is 2.18 bits per heavy atom. The minimum atomic E-state index is -0.789.